The van der Waals surface area contributed by atoms with Crippen LogP contribution in [0.5, 0.6) is 0 Å². The molecule has 0 saturated heterocycles. The third kappa shape index (κ3) is 5.39. The van der Waals surface area contributed by atoms with Crippen LogP contribution in [0.1, 0.15) is 32.1 Å². The number of amides is 3. The molecule has 39 heavy (non-hydrogen) atoms. The van der Waals surface area contributed by atoms with Crippen molar-refractivity contribution in [1.82, 2.24) is 19.5 Å². The number of nitrogens with zero attached hydrogens (tertiary/aromatic N) is 5. The van der Waals surface area contributed by atoms with Gasteiger partial charge in [0.05, 0.1) is 16.7 Å². The average molecular weight is 540 g/mol. The first-order chi connectivity index (χ1) is 18.8. The summed E-state index contributed by atoms with van der Waals surface area (Å²) in [5, 5.41) is 3.56. The van der Waals surface area contributed by atoms with Gasteiger partial charge >= 0.3 is 0 Å². The molecule has 0 aliphatic rings. The zero-order valence-electron chi connectivity index (χ0n) is 21.3. The maximum atomic E-state index is 13.3. The fourth-order valence-electron chi connectivity index (χ4n) is 4.14. The van der Waals surface area contributed by atoms with Crippen LogP contribution in [0.15, 0.2) is 73.1 Å². The maximum Gasteiger partial charge on any atom is 0.269 e. The maximum absolute atomic E-state index is 13.3. The number of anilines is 2. The lowest BCUT2D eigenvalue weighted by molar-refractivity contribution is -0.118. The lowest BCUT2D eigenvalue weighted by Crippen LogP contribution is -2.26. The Morgan fingerprint density at radius 1 is 1.05 bits per heavy atom. The fourth-order valence-corrected chi connectivity index (χ4v) is 5.09. The number of aryl methyl sites for hydroxylation is 2. The summed E-state index contributed by atoms with van der Waals surface area (Å²) in [6.45, 7) is 2.00. The molecule has 5 rings (SSSR count). The molecule has 0 fully saturated rings. The van der Waals surface area contributed by atoms with Crippen LogP contribution < -0.4 is 16.0 Å². The number of primary amides is 1. The van der Waals surface area contributed by atoms with E-state index in [-0.39, 0.29) is 30.7 Å². The molecule has 3 amide bonds. The highest BCUT2D eigenvalue weighted by molar-refractivity contribution is 7.17. The van der Waals surface area contributed by atoms with E-state index in [1.165, 1.54) is 16.2 Å². The van der Waals surface area contributed by atoms with Crippen molar-refractivity contribution in [2.24, 2.45) is 5.73 Å². The summed E-state index contributed by atoms with van der Waals surface area (Å²) in [4.78, 5) is 53.1. The summed E-state index contributed by atoms with van der Waals surface area (Å²) in [6, 6.07) is 18.0. The predicted octanol–water partition coefficient (Wildman–Crippen LogP) is 4.27. The zero-order valence-corrected chi connectivity index (χ0v) is 22.1. The fraction of sp³-hybridized carbons (Fsp3) is 0.143. The molecule has 11 heteroatoms. The molecule has 3 N–H and O–H groups in total. The number of hydrogen-bond donors (Lipinski definition) is 2. The Kier molecular flexibility index (Phi) is 7.15. The number of rotatable bonds is 8. The average Bonchev–Trinajstić information content (AvgIpc) is 3.51. The minimum Gasteiger partial charge on any atom is -0.370 e. The first kappa shape index (κ1) is 25.7. The number of benzene rings is 2. The monoisotopic (exact) mass is 539 g/mol. The highest BCUT2D eigenvalue weighted by Gasteiger charge is 2.21. The van der Waals surface area contributed by atoms with Crippen molar-refractivity contribution in [3.05, 3.63) is 89.2 Å². The van der Waals surface area contributed by atoms with E-state index in [1.807, 2.05) is 36.4 Å². The van der Waals surface area contributed by atoms with E-state index >= 15 is 0 Å². The topological polar surface area (TPSA) is 136 Å². The molecule has 196 valence electrons. The van der Waals surface area contributed by atoms with Gasteiger partial charge in [-0.05, 0) is 49.4 Å². The van der Waals surface area contributed by atoms with Crippen molar-refractivity contribution in [3.8, 4) is 10.6 Å². The standard InChI is InChI=1S/C28H25N7O3S/c1-17-24(39-26(31-17)19-9-6-13-30-16-19)25(37)33-28-32-21-15-20(10-11-22(21)35(28)14-12-23(29)36)34(2)27(38)18-7-4-3-5-8-18/h3-11,13,15-16H,12,14H2,1-2H3,(H2,29,36)(H,32,33,37). The summed E-state index contributed by atoms with van der Waals surface area (Å²) in [5.74, 6) is -0.742. The van der Waals surface area contributed by atoms with Gasteiger partial charge in [-0.15, -0.1) is 11.3 Å². The molecule has 0 radical (unpaired) electrons. The van der Waals surface area contributed by atoms with E-state index < -0.39 is 5.91 Å². The van der Waals surface area contributed by atoms with Crippen molar-refractivity contribution in [1.29, 1.82) is 0 Å². The number of carbonyl (C=O) groups is 3. The zero-order chi connectivity index (χ0) is 27.5. The molecule has 0 saturated carbocycles. The van der Waals surface area contributed by atoms with Crippen LogP contribution in [0.2, 0.25) is 0 Å². The van der Waals surface area contributed by atoms with Gasteiger partial charge in [0.15, 0.2) is 0 Å². The van der Waals surface area contributed by atoms with Crippen molar-refractivity contribution in [2.45, 2.75) is 19.9 Å². The SMILES string of the molecule is Cc1nc(-c2cccnc2)sc1C(=O)Nc1nc2cc(N(C)C(=O)c3ccccc3)ccc2n1CCC(N)=O. The molecular formula is C28H25N7O3S. The van der Waals surface area contributed by atoms with E-state index in [0.717, 1.165) is 5.56 Å². The Hall–Kier alpha value is -4.90. The van der Waals surface area contributed by atoms with Gasteiger partial charge in [-0.1, -0.05) is 18.2 Å². The van der Waals surface area contributed by atoms with E-state index in [2.05, 4.69) is 20.3 Å². The highest BCUT2D eigenvalue weighted by atomic mass is 32.1. The largest absolute Gasteiger partial charge is 0.370 e. The number of aromatic nitrogens is 4. The number of nitrogens with one attached hydrogen (secondary N) is 1. The first-order valence-electron chi connectivity index (χ1n) is 12.1. The number of pyridine rings is 1. The summed E-state index contributed by atoms with van der Waals surface area (Å²) in [6.07, 6.45) is 3.43. The van der Waals surface area contributed by atoms with E-state index in [4.69, 9.17) is 5.73 Å². The van der Waals surface area contributed by atoms with Crippen molar-refractivity contribution < 1.29 is 14.4 Å². The van der Waals surface area contributed by atoms with Gasteiger partial charge in [-0.25, -0.2) is 9.97 Å². The molecule has 5 aromatic rings. The number of fused-ring (bicyclic) bond motifs is 1. The van der Waals surface area contributed by atoms with Gasteiger partial charge in [0.1, 0.15) is 9.88 Å². The van der Waals surface area contributed by atoms with Gasteiger partial charge in [0.25, 0.3) is 11.8 Å². The van der Waals surface area contributed by atoms with Crippen molar-refractivity contribution in [2.75, 3.05) is 17.3 Å². The molecule has 2 aromatic carbocycles. The molecule has 3 aromatic heterocycles. The molecule has 0 unspecified atom stereocenters. The number of imidazole rings is 1. The summed E-state index contributed by atoms with van der Waals surface area (Å²) in [7, 11) is 1.69. The molecule has 0 aliphatic carbocycles. The molecule has 3 heterocycles. The predicted molar refractivity (Wildman–Crippen MR) is 151 cm³/mol. The van der Waals surface area contributed by atoms with Crippen LogP contribution in [0.25, 0.3) is 21.6 Å². The highest BCUT2D eigenvalue weighted by Crippen LogP contribution is 2.30. The van der Waals surface area contributed by atoms with Gasteiger partial charge < -0.3 is 15.2 Å². The Bertz CT molecular complexity index is 1680. The van der Waals surface area contributed by atoms with Crippen LogP contribution in [0.3, 0.4) is 0 Å². The molecular weight excluding hydrogens is 514 g/mol. The summed E-state index contributed by atoms with van der Waals surface area (Å²) in [5.41, 5.74) is 9.25. The molecule has 10 nitrogen and oxygen atoms in total. The van der Waals surface area contributed by atoms with Crippen LogP contribution in [-0.2, 0) is 11.3 Å². The van der Waals surface area contributed by atoms with Gasteiger partial charge in [0, 0.05) is 49.2 Å². The number of hydrogen-bond acceptors (Lipinski definition) is 7. The van der Waals surface area contributed by atoms with Gasteiger partial charge in [-0.2, -0.15) is 0 Å². The van der Waals surface area contributed by atoms with Crippen molar-refractivity contribution in [3.63, 3.8) is 0 Å². The normalized spacial score (nSPS) is 10.9. The Morgan fingerprint density at radius 2 is 1.85 bits per heavy atom. The second-order valence-corrected chi connectivity index (χ2v) is 9.84. The minimum absolute atomic E-state index is 0.0627. The second-order valence-electron chi connectivity index (χ2n) is 8.84. The Labute approximate surface area is 228 Å². The van der Waals surface area contributed by atoms with E-state index in [1.54, 1.807) is 55.2 Å². The lowest BCUT2D eigenvalue weighted by atomic mass is 10.2. The third-order valence-corrected chi connectivity index (χ3v) is 7.37. The molecule has 0 bridgehead atoms. The van der Waals surface area contributed by atoms with Gasteiger partial charge in [-0.3, -0.25) is 24.7 Å². The van der Waals surface area contributed by atoms with Gasteiger partial charge in [0.2, 0.25) is 11.9 Å². The Morgan fingerprint density at radius 3 is 2.56 bits per heavy atom. The molecule has 0 atom stereocenters. The molecule has 0 spiro atoms. The quantitative estimate of drug-likeness (QED) is 0.302. The second kappa shape index (κ2) is 10.8. The smallest absolute Gasteiger partial charge is 0.269 e. The summed E-state index contributed by atoms with van der Waals surface area (Å²) >= 11 is 1.26. The van der Waals surface area contributed by atoms with Crippen LogP contribution in [0.4, 0.5) is 11.6 Å². The lowest BCUT2D eigenvalue weighted by Gasteiger charge is -2.17. The minimum atomic E-state index is -0.474. The van der Waals surface area contributed by atoms with Crippen LogP contribution in [0, 0.1) is 6.92 Å². The third-order valence-electron chi connectivity index (χ3n) is 6.16. The molecule has 0 aliphatic heterocycles. The van der Waals surface area contributed by atoms with E-state index in [0.29, 0.717) is 37.9 Å². The first-order valence-corrected chi connectivity index (χ1v) is 12.9. The number of nitrogens with two attached hydrogens (primary N) is 1. The van der Waals surface area contributed by atoms with Crippen LogP contribution >= 0.6 is 11.3 Å². The Balaban J connectivity index is 1.47. The van der Waals surface area contributed by atoms with Crippen LogP contribution in [-0.4, -0.2) is 44.3 Å². The number of thiazole rings is 1. The summed E-state index contributed by atoms with van der Waals surface area (Å²) < 4.78 is 1.74. The number of carbonyl (C=O) groups excluding carboxylic acids is 3. The van der Waals surface area contributed by atoms with Crippen molar-refractivity contribution >= 4 is 51.7 Å². The van der Waals surface area contributed by atoms with E-state index in [9.17, 15) is 14.4 Å².